The molecule has 1 N–H and O–H groups in total. The summed E-state index contributed by atoms with van der Waals surface area (Å²) in [7, 11) is 1.37. The molecule has 0 saturated carbocycles. The minimum absolute atomic E-state index is 0.185. The fraction of sp³-hybridized carbons (Fsp3) is 0.391. The van der Waals surface area contributed by atoms with E-state index >= 15 is 0 Å². The van der Waals surface area contributed by atoms with Gasteiger partial charge in [-0.3, -0.25) is 4.79 Å². The monoisotopic (exact) mass is 398 g/mol. The maximum atomic E-state index is 13.3. The van der Waals surface area contributed by atoms with E-state index in [4.69, 9.17) is 4.74 Å². The molecule has 29 heavy (non-hydrogen) atoms. The third-order valence-corrected chi connectivity index (χ3v) is 5.34. The number of carbonyl (C=O) groups is 2. The van der Waals surface area contributed by atoms with Crippen molar-refractivity contribution in [2.45, 2.75) is 38.3 Å². The summed E-state index contributed by atoms with van der Waals surface area (Å²) in [5.74, 6) is -0.394. The largest absolute Gasteiger partial charge is 0.465 e. The molecule has 1 fully saturated rings. The molecule has 0 bridgehead atoms. The van der Waals surface area contributed by atoms with Crippen LogP contribution in [0.25, 0.3) is 0 Å². The number of hydrogen-bond donors (Lipinski definition) is 1. The number of ether oxygens (including phenoxy) is 1. The molecular weight excluding hydrogens is 371 g/mol. The van der Waals surface area contributed by atoms with Gasteiger partial charge in [0.2, 0.25) is 5.91 Å². The van der Waals surface area contributed by atoms with Gasteiger partial charge in [0.15, 0.2) is 0 Å². The Morgan fingerprint density at radius 2 is 2.00 bits per heavy atom. The summed E-state index contributed by atoms with van der Waals surface area (Å²) in [6.07, 6.45) is 3.01. The van der Waals surface area contributed by atoms with Crippen LogP contribution in [0.1, 0.15) is 40.7 Å². The number of esters is 1. The fourth-order valence-electron chi connectivity index (χ4n) is 3.72. The van der Waals surface area contributed by atoms with Gasteiger partial charge in [-0.05, 0) is 61.2 Å². The Labute approximate surface area is 170 Å². The average Bonchev–Trinajstić information content (AvgIpc) is 3.09. The third-order valence-electron chi connectivity index (χ3n) is 5.34. The molecule has 1 unspecified atom stereocenters. The van der Waals surface area contributed by atoms with Crippen molar-refractivity contribution in [1.82, 2.24) is 10.2 Å². The molecule has 1 atom stereocenters. The minimum atomic E-state index is -0.339. The molecule has 1 aliphatic heterocycles. The Kier molecular flexibility index (Phi) is 7.36. The van der Waals surface area contributed by atoms with Crippen molar-refractivity contribution < 1.29 is 18.7 Å². The second-order valence-electron chi connectivity index (χ2n) is 7.31. The zero-order chi connectivity index (χ0) is 20.6. The molecule has 3 rings (SSSR count). The van der Waals surface area contributed by atoms with E-state index in [-0.39, 0.29) is 23.7 Å². The van der Waals surface area contributed by atoms with E-state index in [2.05, 4.69) is 5.32 Å². The number of carbonyl (C=O) groups excluding carboxylic acids is 2. The molecule has 2 aromatic rings. The molecule has 154 valence electrons. The van der Waals surface area contributed by atoms with E-state index in [1.807, 2.05) is 23.1 Å². The number of likely N-dealkylation sites (tertiary alicyclic amines) is 1. The van der Waals surface area contributed by atoms with Gasteiger partial charge in [0, 0.05) is 25.6 Å². The molecule has 6 heteroatoms. The lowest BCUT2D eigenvalue weighted by Crippen LogP contribution is -2.36. The summed E-state index contributed by atoms with van der Waals surface area (Å²) in [6.45, 7) is 2.13. The number of rotatable bonds is 9. The van der Waals surface area contributed by atoms with Gasteiger partial charge in [0.1, 0.15) is 5.82 Å². The number of halogens is 1. The zero-order valence-electron chi connectivity index (χ0n) is 16.7. The standard InChI is InChI=1S/C23H27FN2O3/c1-29-23(28)19-7-5-18(6-8-19)16-25-13-11-21-9-10-22(27)26(21)14-12-17-3-2-4-20(24)15-17/h2-8,15,21,25H,9-14,16H2,1H3. The quantitative estimate of drug-likeness (QED) is 0.520. The van der Waals surface area contributed by atoms with Crippen LogP contribution in [0.15, 0.2) is 48.5 Å². The SMILES string of the molecule is COC(=O)c1ccc(CNCCC2CCC(=O)N2CCc2cccc(F)c2)cc1. The second-order valence-corrected chi connectivity index (χ2v) is 7.31. The molecular formula is C23H27FN2O3. The highest BCUT2D eigenvalue weighted by Crippen LogP contribution is 2.22. The van der Waals surface area contributed by atoms with Crippen LogP contribution < -0.4 is 5.32 Å². The number of nitrogens with one attached hydrogen (secondary N) is 1. The van der Waals surface area contributed by atoms with Gasteiger partial charge >= 0.3 is 5.97 Å². The van der Waals surface area contributed by atoms with Crippen molar-refractivity contribution in [3.05, 3.63) is 71.0 Å². The lowest BCUT2D eigenvalue weighted by Gasteiger charge is -2.25. The fourth-order valence-corrected chi connectivity index (χ4v) is 3.72. The highest BCUT2D eigenvalue weighted by molar-refractivity contribution is 5.89. The molecule has 2 aromatic carbocycles. The highest BCUT2D eigenvalue weighted by atomic mass is 19.1. The number of methoxy groups -OCH3 is 1. The van der Waals surface area contributed by atoms with Crippen molar-refractivity contribution >= 4 is 11.9 Å². The Balaban J connectivity index is 1.43. The molecule has 1 heterocycles. The summed E-state index contributed by atoms with van der Waals surface area (Å²) in [5, 5.41) is 3.40. The first-order valence-corrected chi connectivity index (χ1v) is 9.98. The van der Waals surface area contributed by atoms with Gasteiger partial charge < -0.3 is 15.0 Å². The molecule has 1 saturated heterocycles. The van der Waals surface area contributed by atoms with Gasteiger partial charge in [-0.2, -0.15) is 0 Å². The predicted octanol–water partition coefficient (Wildman–Crippen LogP) is 3.33. The van der Waals surface area contributed by atoms with Crippen LogP contribution in [-0.2, 0) is 22.5 Å². The third kappa shape index (κ3) is 5.87. The maximum Gasteiger partial charge on any atom is 0.337 e. The van der Waals surface area contributed by atoms with Gasteiger partial charge in [0.05, 0.1) is 12.7 Å². The molecule has 0 radical (unpaired) electrons. The summed E-state index contributed by atoms with van der Waals surface area (Å²) in [4.78, 5) is 25.6. The first-order chi connectivity index (χ1) is 14.1. The number of nitrogens with zero attached hydrogens (tertiary/aromatic N) is 1. The lowest BCUT2D eigenvalue weighted by molar-refractivity contribution is -0.129. The van der Waals surface area contributed by atoms with E-state index in [1.54, 1.807) is 18.2 Å². The van der Waals surface area contributed by atoms with E-state index in [1.165, 1.54) is 19.2 Å². The van der Waals surface area contributed by atoms with E-state index < -0.39 is 0 Å². The van der Waals surface area contributed by atoms with Crippen LogP contribution in [0.2, 0.25) is 0 Å². The molecule has 0 spiro atoms. The van der Waals surface area contributed by atoms with Crippen molar-refractivity contribution in [3.63, 3.8) is 0 Å². The normalized spacial score (nSPS) is 16.3. The number of hydrogen-bond acceptors (Lipinski definition) is 4. The van der Waals surface area contributed by atoms with Crippen LogP contribution in [0.4, 0.5) is 4.39 Å². The van der Waals surface area contributed by atoms with Crippen molar-refractivity contribution in [3.8, 4) is 0 Å². The van der Waals surface area contributed by atoms with Gasteiger partial charge in [-0.15, -0.1) is 0 Å². The smallest absolute Gasteiger partial charge is 0.337 e. The highest BCUT2D eigenvalue weighted by Gasteiger charge is 2.29. The van der Waals surface area contributed by atoms with Crippen LogP contribution in [0.3, 0.4) is 0 Å². The van der Waals surface area contributed by atoms with E-state index in [9.17, 15) is 14.0 Å². The van der Waals surface area contributed by atoms with Crippen molar-refractivity contribution in [1.29, 1.82) is 0 Å². The predicted molar refractivity (Wildman–Crippen MR) is 109 cm³/mol. The van der Waals surface area contributed by atoms with E-state index in [0.29, 0.717) is 31.5 Å². The van der Waals surface area contributed by atoms with Gasteiger partial charge in [0.25, 0.3) is 0 Å². The Hall–Kier alpha value is -2.73. The Morgan fingerprint density at radius 3 is 2.72 bits per heavy atom. The van der Waals surface area contributed by atoms with Gasteiger partial charge in [-0.25, -0.2) is 9.18 Å². The summed E-state index contributed by atoms with van der Waals surface area (Å²) in [6, 6.07) is 14.1. The number of benzene rings is 2. The van der Waals surface area contributed by atoms with E-state index in [0.717, 1.165) is 30.5 Å². The minimum Gasteiger partial charge on any atom is -0.465 e. The van der Waals surface area contributed by atoms with Gasteiger partial charge in [-0.1, -0.05) is 24.3 Å². The molecule has 1 aliphatic rings. The topological polar surface area (TPSA) is 58.6 Å². The van der Waals surface area contributed by atoms with Crippen LogP contribution >= 0.6 is 0 Å². The number of amides is 1. The summed E-state index contributed by atoms with van der Waals surface area (Å²) >= 11 is 0. The lowest BCUT2D eigenvalue weighted by atomic mass is 10.1. The van der Waals surface area contributed by atoms with Crippen molar-refractivity contribution in [2.75, 3.05) is 20.2 Å². The molecule has 5 nitrogen and oxygen atoms in total. The Morgan fingerprint density at radius 1 is 1.21 bits per heavy atom. The Bertz CT molecular complexity index is 838. The van der Waals surface area contributed by atoms with Crippen LogP contribution in [-0.4, -0.2) is 43.0 Å². The van der Waals surface area contributed by atoms with Crippen LogP contribution in [0, 0.1) is 5.82 Å². The summed E-state index contributed by atoms with van der Waals surface area (Å²) in [5.41, 5.74) is 2.54. The first kappa shape index (κ1) is 21.0. The molecule has 1 amide bonds. The second kappa shape index (κ2) is 10.2. The van der Waals surface area contributed by atoms with Crippen LogP contribution in [0.5, 0.6) is 0 Å². The maximum absolute atomic E-state index is 13.3. The molecule has 0 aromatic heterocycles. The first-order valence-electron chi connectivity index (χ1n) is 9.98. The average molecular weight is 398 g/mol. The molecule has 0 aliphatic carbocycles. The van der Waals surface area contributed by atoms with Crippen molar-refractivity contribution in [2.24, 2.45) is 0 Å². The summed E-state index contributed by atoms with van der Waals surface area (Å²) < 4.78 is 18.0. The zero-order valence-corrected chi connectivity index (χ0v) is 16.7.